The predicted octanol–water partition coefficient (Wildman–Crippen LogP) is 2.65. The summed E-state index contributed by atoms with van der Waals surface area (Å²) < 4.78 is 0. The topological polar surface area (TPSA) is 47.3 Å². The molecule has 0 aromatic heterocycles. The van der Waals surface area contributed by atoms with Gasteiger partial charge in [0.15, 0.2) is 0 Å². The van der Waals surface area contributed by atoms with E-state index in [9.17, 15) is 4.79 Å². The molecule has 0 bridgehead atoms. The highest BCUT2D eigenvalue weighted by Crippen LogP contribution is 2.02. The van der Waals surface area contributed by atoms with Crippen molar-refractivity contribution < 1.29 is 4.79 Å². The molecule has 110 valence electrons. The Morgan fingerprint density at radius 1 is 1.05 bits per heavy atom. The van der Waals surface area contributed by atoms with Gasteiger partial charge >= 0.3 is 0 Å². The fourth-order valence-corrected chi connectivity index (χ4v) is 1.89. The molecule has 0 unspecified atom stereocenters. The van der Waals surface area contributed by atoms with Crippen LogP contribution in [0.3, 0.4) is 0 Å². The minimum atomic E-state index is 0.147. The minimum absolute atomic E-state index is 0.147. The molecule has 19 heavy (non-hydrogen) atoms. The van der Waals surface area contributed by atoms with E-state index in [-0.39, 0.29) is 5.91 Å². The summed E-state index contributed by atoms with van der Waals surface area (Å²) in [6, 6.07) is 2.07. The molecule has 0 atom stereocenters. The van der Waals surface area contributed by atoms with E-state index in [2.05, 4.69) is 24.8 Å². The summed E-state index contributed by atoms with van der Waals surface area (Å²) in [5, 5.41) is 8.51. The number of hydrogen-bond acceptors (Lipinski definition) is 3. The summed E-state index contributed by atoms with van der Waals surface area (Å²) in [7, 11) is 1.78. The van der Waals surface area contributed by atoms with Crippen molar-refractivity contribution in [3.8, 4) is 6.07 Å². The number of amides is 1. The predicted molar refractivity (Wildman–Crippen MR) is 78.7 cm³/mol. The van der Waals surface area contributed by atoms with E-state index in [0.29, 0.717) is 19.4 Å². The number of carbonyl (C=O) groups is 1. The van der Waals surface area contributed by atoms with Crippen LogP contribution in [0.25, 0.3) is 0 Å². The molecule has 0 saturated carbocycles. The van der Waals surface area contributed by atoms with Crippen molar-refractivity contribution >= 4 is 5.91 Å². The lowest BCUT2D eigenvalue weighted by molar-refractivity contribution is -0.130. The van der Waals surface area contributed by atoms with Gasteiger partial charge in [-0.25, -0.2) is 0 Å². The third-order valence-corrected chi connectivity index (χ3v) is 3.28. The van der Waals surface area contributed by atoms with E-state index in [1.54, 1.807) is 11.9 Å². The van der Waals surface area contributed by atoms with E-state index in [4.69, 9.17) is 5.26 Å². The Morgan fingerprint density at radius 2 is 1.63 bits per heavy atom. The summed E-state index contributed by atoms with van der Waals surface area (Å²) in [5.41, 5.74) is 0. The number of rotatable bonds is 11. The number of carbonyl (C=O) groups excluding carboxylic acids is 1. The standard InChI is InChI=1S/C15H29N3O/c1-4-6-12-18(13-7-5-2)14-9-15(19)17(3)11-8-10-16/h4-9,11-14H2,1-3H3. The fraction of sp³-hybridized carbons (Fsp3) is 0.867. The van der Waals surface area contributed by atoms with Crippen molar-refractivity contribution in [2.45, 2.75) is 52.4 Å². The van der Waals surface area contributed by atoms with Gasteiger partial charge in [-0.2, -0.15) is 5.26 Å². The zero-order chi connectivity index (χ0) is 14.5. The van der Waals surface area contributed by atoms with Crippen LogP contribution in [0.1, 0.15) is 52.4 Å². The first kappa shape index (κ1) is 17.9. The van der Waals surface area contributed by atoms with Crippen molar-refractivity contribution in [2.75, 3.05) is 33.2 Å². The van der Waals surface area contributed by atoms with Crippen molar-refractivity contribution in [3.05, 3.63) is 0 Å². The summed E-state index contributed by atoms with van der Waals surface area (Å²) in [6.45, 7) is 7.95. The van der Waals surface area contributed by atoms with E-state index in [1.807, 2.05) is 0 Å². The second-order valence-electron chi connectivity index (χ2n) is 5.02. The Balaban J connectivity index is 3.99. The molecular formula is C15H29N3O. The van der Waals surface area contributed by atoms with Gasteiger partial charge in [0.1, 0.15) is 0 Å². The highest BCUT2D eigenvalue weighted by atomic mass is 16.2. The Hall–Kier alpha value is -1.08. The van der Waals surface area contributed by atoms with Crippen LogP contribution in [0.5, 0.6) is 0 Å². The van der Waals surface area contributed by atoms with E-state index in [1.165, 1.54) is 25.7 Å². The van der Waals surface area contributed by atoms with Crippen LogP contribution in [-0.2, 0) is 4.79 Å². The molecule has 0 radical (unpaired) electrons. The van der Waals surface area contributed by atoms with Crippen molar-refractivity contribution in [1.29, 1.82) is 5.26 Å². The van der Waals surface area contributed by atoms with Crippen molar-refractivity contribution in [1.82, 2.24) is 9.80 Å². The molecule has 4 heteroatoms. The average Bonchev–Trinajstić information content (AvgIpc) is 2.43. The smallest absolute Gasteiger partial charge is 0.223 e. The van der Waals surface area contributed by atoms with Gasteiger partial charge < -0.3 is 9.80 Å². The minimum Gasteiger partial charge on any atom is -0.345 e. The molecule has 0 aliphatic carbocycles. The second kappa shape index (κ2) is 12.0. The van der Waals surface area contributed by atoms with Crippen molar-refractivity contribution in [2.24, 2.45) is 0 Å². The van der Waals surface area contributed by atoms with Crippen LogP contribution in [0.2, 0.25) is 0 Å². The largest absolute Gasteiger partial charge is 0.345 e. The number of nitrogens with zero attached hydrogens (tertiary/aromatic N) is 3. The Kier molecular flexibility index (Phi) is 11.3. The lowest BCUT2D eigenvalue weighted by Crippen LogP contribution is -2.33. The maximum Gasteiger partial charge on any atom is 0.223 e. The first-order chi connectivity index (χ1) is 9.15. The van der Waals surface area contributed by atoms with Crippen LogP contribution in [-0.4, -0.2) is 48.9 Å². The van der Waals surface area contributed by atoms with Crippen molar-refractivity contribution in [3.63, 3.8) is 0 Å². The Morgan fingerprint density at radius 3 is 2.11 bits per heavy atom. The molecule has 4 nitrogen and oxygen atoms in total. The molecule has 0 aliphatic heterocycles. The third kappa shape index (κ3) is 9.49. The quantitative estimate of drug-likeness (QED) is 0.578. The second-order valence-corrected chi connectivity index (χ2v) is 5.02. The number of nitriles is 1. The molecule has 0 saturated heterocycles. The summed E-state index contributed by atoms with van der Waals surface area (Å²) in [4.78, 5) is 16.0. The Labute approximate surface area is 118 Å². The molecule has 0 fully saturated rings. The zero-order valence-corrected chi connectivity index (χ0v) is 12.8. The Bertz CT molecular complexity index is 265. The first-order valence-corrected chi connectivity index (χ1v) is 7.48. The third-order valence-electron chi connectivity index (χ3n) is 3.28. The lowest BCUT2D eigenvalue weighted by Gasteiger charge is -2.23. The SMILES string of the molecule is CCCCN(CCCC)CCC(=O)N(C)CCC#N. The highest BCUT2D eigenvalue weighted by Gasteiger charge is 2.11. The maximum absolute atomic E-state index is 11.9. The van der Waals surface area contributed by atoms with Gasteiger partial charge in [-0.3, -0.25) is 4.79 Å². The molecule has 0 spiro atoms. The van der Waals surface area contributed by atoms with Gasteiger partial charge in [0.2, 0.25) is 5.91 Å². The normalized spacial score (nSPS) is 10.5. The lowest BCUT2D eigenvalue weighted by atomic mass is 10.2. The number of unbranched alkanes of at least 4 members (excludes halogenated alkanes) is 2. The molecular weight excluding hydrogens is 238 g/mol. The zero-order valence-electron chi connectivity index (χ0n) is 12.8. The van der Waals surface area contributed by atoms with Crippen LogP contribution >= 0.6 is 0 Å². The van der Waals surface area contributed by atoms with Gasteiger partial charge in [0.05, 0.1) is 12.5 Å². The average molecular weight is 267 g/mol. The molecule has 1 amide bonds. The fourth-order valence-electron chi connectivity index (χ4n) is 1.89. The maximum atomic E-state index is 11.9. The van der Waals surface area contributed by atoms with E-state index in [0.717, 1.165) is 19.6 Å². The van der Waals surface area contributed by atoms with E-state index < -0.39 is 0 Å². The molecule has 0 aromatic carbocycles. The highest BCUT2D eigenvalue weighted by molar-refractivity contribution is 5.76. The van der Waals surface area contributed by atoms with E-state index >= 15 is 0 Å². The molecule has 0 rings (SSSR count). The van der Waals surface area contributed by atoms with Gasteiger partial charge in [0.25, 0.3) is 0 Å². The molecule has 0 aliphatic rings. The van der Waals surface area contributed by atoms with Gasteiger partial charge in [-0.1, -0.05) is 26.7 Å². The van der Waals surface area contributed by atoms with Crippen LogP contribution in [0.15, 0.2) is 0 Å². The van der Waals surface area contributed by atoms with Gasteiger partial charge in [0, 0.05) is 26.6 Å². The van der Waals surface area contributed by atoms with Gasteiger partial charge in [-0.15, -0.1) is 0 Å². The molecule has 0 aromatic rings. The summed E-state index contributed by atoms with van der Waals surface area (Å²) in [5.74, 6) is 0.147. The first-order valence-electron chi connectivity index (χ1n) is 7.48. The van der Waals surface area contributed by atoms with Gasteiger partial charge in [-0.05, 0) is 25.9 Å². The van der Waals surface area contributed by atoms with Crippen LogP contribution < -0.4 is 0 Å². The molecule has 0 N–H and O–H groups in total. The van der Waals surface area contributed by atoms with Crippen LogP contribution in [0.4, 0.5) is 0 Å². The summed E-state index contributed by atoms with van der Waals surface area (Å²) in [6.07, 6.45) is 5.76. The van der Waals surface area contributed by atoms with Crippen LogP contribution in [0, 0.1) is 11.3 Å². The number of hydrogen-bond donors (Lipinski definition) is 0. The summed E-state index contributed by atoms with van der Waals surface area (Å²) >= 11 is 0. The molecule has 0 heterocycles. The monoisotopic (exact) mass is 267 g/mol.